The van der Waals surface area contributed by atoms with Gasteiger partial charge in [-0.25, -0.2) is 0 Å². The van der Waals surface area contributed by atoms with Gasteiger partial charge in [0.1, 0.15) is 0 Å². The molecule has 1 fully saturated rings. The molecule has 0 aliphatic carbocycles. The van der Waals surface area contributed by atoms with Crippen LogP contribution in [0.4, 0.5) is 11.6 Å². The lowest BCUT2D eigenvalue weighted by Crippen LogP contribution is -2.41. The molecule has 8 heteroatoms. The monoisotopic (exact) mass is 367 g/mol. The third-order valence-electron chi connectivity index (χ3n) is 4.81. The normalized spacial score (nSPS) is 16.3. The van der Waals surface area contributed by atoms with Crippen LogP contribution in [0.5, 0.6) is 0 Å². The van der Waals surface area contributed by atoms with Crippen LogP contribution in [0.1, 0.15) is 11.6 Å². The maximum atomic E-state index is 11.6. The molecule has 0 unspecified atom stereocenters. The standard InChI is InChI=1S/C19H21N5O3/c25-24(26)19-18(21-17-8-4-5-9-23(17)19)20-14-16(15-6-2-1-3-7-15)22-10-12-27-13-11-22/h1-9,16,20H,10-14H2/t16-/m0/s1. The number of hydrogen-bond donors (Lipinski definition) is 1. The highest BCUT2D eigenvalue weighted by atomic mass is 16.6. The van der Waals surface area contributed by atoms with Crippen LogP contribution in [-0.2, 0) is 4.74 Å². The van der Waals surface area contributed by atoms with Crippen LogP contribution >= 0.6 is 0 Å². The minimum Gasteiger partial charge on any atom is -0.379 e. The zero-order valence-electron chi connectivity index (χ0n) is 14.8. The van der Waals surface area contributed by atoms with Gasteiger partial charge in [0.25, 0.3) is 0 Å². The number of nitro groups is 1. The molecule has 1 aromatic carbocycles. The molecule has 0 spiro atoms. The van der Waals surface area contributed by atoms with Crippen LogP contribution in [0.25, 0.3) is 5.65 Å². The molecule has 1 N–H and O–H groups in total. The van der Waals surface area contributed by atoms with Crippen molar-refractivity contribution in [3.05, 3.63) is 70.4 Å². The Morgan fingerprint density at radius 3 is 2.63 bits per heavy atom. The summed E-state index contributed by atoms with van der Waals surface area (Å²) in [7, 11) is 0. The summed E-state index contributed by atoms with van der Waals surface area (Å²) in [6, 6.07) is 15.6. The lowest BCUT2D eigenvalue weighted by atomic mass is 10.0. The fraction of sp³-hybridized carbons (Fsp3) is 0.316. The highest BCUT2D eigenvalue weighted by Gasteiger charge is 2.26. The largest absolute Gasteiger partial charge is 0.379 e. The summed E-state index contributed by atoms with van der Waals surface area (Å²) in [6.07, 6.45) is 1.66. The molecule has 3 heterocycles. The van der Waals surface area contributed by atoms with E-state index in [0.29, 0.717) is 31.2 Å². The van der Waals surface area contributed by atoms with Crippen LogP contribution < -0.4 is 5.32 Å². The number of anilines is 1. The highest BCUT2D eigenvalue weighted by molar-refractivity contribution is 5.62. The van der Waals surface area contributed by atoms with Gasteiger partial charge >= 0.3 is 5.82 Å². The number of rotatable bonds is 6. The summed E-state index contributed by atoms with van der Waals surface area (Å²) in [6.45, 7) is 3.56. The second-order valence-corrected chi connectivity index (χ2v) is 6.43. The summed E-state index contributed by atoms with van der Waals surface area (Å²) in [5, 5.41) is 14.8. The number of fused-ring (bicyclic) bond motifs is 1. The SMILES string of the molecule is O=[N+]([O-])c1c(NC[C@@H](c2ccccc2)N2CCOCC2)nc2ccccn12. The van der Waals surface area contributed by atoms with Crippen molar-refractivity contribution < 1.29 is 9.66 Å². The van der Waals surface area contributed by atoms with E-state index in [4.69, 9.17) is 4.74 Å². The Hall–Kier alpha value is -2.97. The molecule has 0 bridgehead atoms. The smallest absolute Gasteiger partial charge is 0.372 e. The van der Waals surface area contributed by atoms with Gasteiger partial charge in [-0.3, -0.25) is 4.90 Å². The topological polar surface area (TPSA) is 84.9 Å². The van der Waals surface area contributed by atoms with Gasteiger partial charge in [0, 0.05) is 25.7 Å². The molecule has 0 radical (unpaired) electrons. The van der Waals surface area contributed by atoms with Gasteiger partial charge < -0.3 is 20.2 Å². The van der Waals surface area contributed by atoms with Crippen molar-refractivity contribution in [2.45, 2.75) is 6.04 Å². The Kier molecular flexibility index (Phi) is 4.99. The molecule has 1 atom stereocenters. The molecule has 1 aliphatic heterocycles. The number of pyridine rings is 1. The molecule has 0 saturated carbocycles. The number of imidazole rings is 1. The number of hydrogen-bond acceptors (Lipinski definition) is 6. The van der Waals surface area contributed by atoms with Crippen LogP contribution in [0.15, 0.2) is 54.7 Å². The van der Waals surface area contributed by atoms with Gasteiger partial charge in [0.2, 0.25) is 11.5 Å². The molecule has 8 nitrogen and oxygen atoms in total. The van der Waals surface area contributed by atoms with E-state index in [-0.39, 0.29) is 11.9 Å². The Balaban J connectivity index is 1.62. The Bertz CT molecular complexity index is 921. The Labute approximate surface area is 156 Å². The minimum absolute atomic E-state index is 0.0422. The van der Waals surface area contributed by atoms with Crippen molar-refractivity contribution >= 4 is 17.3 Å². The van der Waals surface area contributed by atoms with Crippen molar-refractivity contribution in [3.63, 3.8) is 0 Å². The van der Waals surface area contributed by atoms with E-state index in [0.717, 1.165) is 13.1 Å². The lowest BCUT2D eigenvalue weighted by Gasteiger charge is -2.34. The Morgan fingerprint density at radius 2 is 1.89 bits per heavy atom. The first-order chi connectivity index (χ1) is 13.2. The van der Waals surface area contributed by atoms with Crippen molar-refractivity contribution in [2.24, 2.45) is 0 Å². The quantitative estimate of drug-likeness (QED) is 0.533. The van der Waals surface area contributed by atoms with Gasteiger partial charge in [-0.1, -0.05) is 36.4 Å². The first-order valence-corrected chi connectivity index (χ1v) is 8.96. The van der Waals surface area contributed by atoms with Crippen molar-refractivity contribution in [2.75, 3.05) is 38.2 Å². The first-order valence-electron chi connectivity index (χ1n) is 8.96. The zero-order chi connectivity index (χ0) is 18.6. The molecule has 27 heavy (non-hydrogen) atoms. The summed E-state index contributed by atoms with van der Waals surface area (Å²) < 4.78 is 6.97. The van der Waals surface area contributed by atoms with Crippen molar-refractivity contribution in [1.82, 2.24) is 14.3 Å². The molecule has 0 amide bonds. The summed E-state index contributed by atoms with van der Waals surface area (Å²) in [5.41, 5.74) is 1.72. The van der Waals surface area contributed by atoms with Crippen LogP contribution in [0.3, 0.4) is 0 Å². The molecule has 3 aromatic rings. The predicted octanol–water partition coefficient (Wildman–Crippen LogP) is 2.73. The first kappa shape index (κ1) is 17.4. The maximum Gasteiger partial charge on any atom is 0.372 e. The number of ether oxygens (including phenoxy) is 1. The molecule has 4 rings (SSSR count). The minimum atomic E-state index is -0.394. The number of nitrogens with zero attached hydrogens (tertiary/aromatic N) is 4. The van der Waals surface area contributed by atoms with E-state index >= 15 is 0 Å². The van der Waals surface area contributed by atoms with Gasteiger partial charge in [-0.15, -0.1) is 0 Å². The lowest BCUT2D eigenvalue weighted by molar-refractivity contribution is -0.389. The number of nitrogens with one attached hydrogen (secondary N) is 1. The van der Waals surface area contributed by atoms with E-state index < -0.39 is 4.92 Å². The molecular weight excluding hydrogens is 346 g/mol. The third kappa shape index (κ3) is 3.62. The van der Waals surface area contributed by atoms with Crippen molar-refractivity contribution in [3.8, 4) is 0 Å². The predicted molar refractivity (Wildman–Crippen MR) is 102 cm³/mol. The van der Waals surface area contributed by atoms with Gasteiger partial charge in [0.05, 0.1) is 25.5 Å². The second-order valence-electron chi connectivity index (χ2n) is 6.43. The average molecular weight is 367 g/mol. The van der Waals surface area contributed by atoms with Crippen molar-refractivity contribution in [1.29, 1.82) is 0 Å². The summed E-state index contributed by atoms with van der Waals surface area (Å²) >= 11 is 0. The molecule has 140 valence electrons. The van der Waals surface area contributed by atoms with E-state index in [2.05, 4.69) is 27.3 Å². The van der Waals surface area contributed by atoms with Gasteiger partial charge in [-0.2, -0.15) is 9.38 Å². The second kappa shape index (κ2) is 7.73. The highest BCUT2D eigenvalue weighted by Crippen LogP contribution is 2.28. The molecule has 2 aromatic heterocycles. The van der Waals surface area contributed by atoms with Crippen LogP contribution in [0.2, 0.25) is 0 Å². The number of morpholine rings is 1. The summed E-state index contributed by atoms with van der Waals surface area (Å²) in [5.74, 6) is 0.250. The average Bonchev–Trinajstić information content (AvgIpc) is 3.08. The van der Waals surface area contributed by atoms with E-state index in [9.17, 15) is 10.1 Å². The maximum absolute atomic E-state index is 11.6. The molecule has 1 aliphatic rings. The summed E-state index contributed by atoms with van der Waals surface area (Å²) in [4.78, 5) is 17.9. The fourth-order valence-corrected chi connectivity index (χ4v) is 3.49. The van der Waals surface area contributed by atoms with Gasteiger partial charge in [-0.05, 0) is 16.6 Å². The van der Waals surface area contributed by atoms with Crippen LogP contribution in [-0.4, -0.2) is 52.1 Å². The number of benzene rings is 1. The molecule has 1 saturated heterocycles. The van der Waals surface area contributed by atoms with E-state index in [1.807, 2.05) is 24.3 Å². The number of aromatic nitrogens is 2. The van der Waals surface area contributed by atoms with E-state index in [1.165, 1.54) is 9.96 Å². The van der Waals surface area contributed by atoms with E-state index in [1.54, 1.807) is 18.3 Å². The Morgan fingerprint density at radius 1 is 1.15 bits per heavy atom. The third-order valence-corrected chi connectivity index (χ3v) is 4.81. The zero-order valence-corrected chi connectivity index (χ0v) is 14.8. The fourth-order valence-electron chi connectivity index (χ4n) is 3.49. The van der Waals surface area contributed by atoms with Gasteiger partial charge in [0.15, 0.2) is 0 Å². The molecular formula is C19H21N5O3. The van der Waals surface area contributed by atoms with Crippen LogP contribution in [0, 0.1) is 10.1 Å².